The van der Waals surface area contributed by atoms with Crippen LogP contribution in [0.5, 0.6) is 0 Å². The number of rotatable bonds is 8. The fraction of sp³-hybridized carbons (Fsp3) is 0.846. The fourth-order valence-corrected chi connectivity index (χ4v) is 1.74. The predicted molar refractivity (Wildman–Crippen MR) is 71.6 cm³/mol. The van der Waals surface area contributed by atoms with E-state index >= 15 is 0 Å². The van der Waals surface area contributed by atoms with Crippen molar-refractivity contribution in [2.45, 2.75) is 40.2 Å². The molecule has 5 nitrogen and oxygen atoms in total. The van der Waals surface area contributed by atoms with Crippen LogP contribution in [0.25, 0.3) is 0 Å². The van der Waals surface area contributed by atoms with Gasteiger partial charge in [-0.15, -0.1) is 0 Å². The Bertz CT molecular complexity index is 263. The molecule has 0 fully saturated rings. The van der Waals surface area contributed by atoms with Crippen molar-refractivity contribution in [3.8, 4) is 0 Å². The lowest BCUT2D eigenvalue weighted by Gasteiger charge is -2.23. The molecule has 0 aromatic carbocycles. The van der Waals surface area contributed by atoms with Gasteiger partial charge in [-0.1, -0.05) is 27.7 Å². The van der Waals surface area contributed by atoms with E-state index < -0.39 is 12.1 Å². The van der Waals surface area contributed by atoms with Gasteiger partial charge in [0.2, 0.25) is 0 Å². The number of amides is 1. The Morgan fingerprint density at radius 1 is 1.22 bits per heavy atom. The van der Waals surface area contributed by atoms with Gasteiger partial charge < -0.3 is 15.0 Å². The SMILES string of the molecule is CCN(CC)CC[C@H](NC(=O)OC)C(=O)C(C)C. The Kier molecular flexibility index (Phi) is 8.37. The average Bonchev–Trinajstić information content (AvgIpc) is 2.37. The van der Waals surface area contributed by atoms with Crippen LogP contribution >= 0.6 is 0 Å². The predicted octanol–water partition coefficient (Wildman–Crippen LogP) is 1.67. The molecule has 18 heavy (non-hydrogen) atoms. The Hall–Kier alpha value is -1.10. The van der Waals surface area contributed by atoms with E-state index in [-0.39, 0.29) is 11.7 Å². The maximum Gasteiger partial charge on any atom is 0.407 e. The quantitative estimate of drug-likeness (QED) is 0.719. The molecule has 0 heterocycles. The number of carbonyl (C=O) groups is 2. The van der Waals surface area contributed by atoms with E-state index in [0.29, 0.717) is 6.42 Å². The number of hydrogen-bond acceptors (Lipinski definition) is 4. The molecule has 0 unspecified atom stereocenters. The Morgan fingerprint density at radius 3 is 2.17 bits per heavy atom. The number of nitrogens with zero attached hydrogens (tertiary/aromatic N) is 1. The summed E-state index contributed by atoms with van der Waals surface area (Å²) < 4.78 is 4.55. The lowest BCUT2D eigenvalue weighted by molar-refractivity contribution is -0.124. The number of hydrogen-bond donors (Lipinski definition) is 1. The third kappa shape index (κ3) is 6.00. The van der Waals surface area contributed by atoms with Crippen LogP contribution in [-0.2, 0) is 9.53 Å². The highest BCUT2D eigenvalue weighted by molar-refractivity contribution is 5.88. The van der Waals surface area contributed by atoms with Crippen LogP contribution in [0, 0.1) is 5.92 Å². The summed E-state index contributed by atoms with van der Waals surface area (Å²) in [6.45, 7) is 10.5. The first-order valence-corrected chi connectivity index (χ1v) is 6.56. The number of ether oxygens (including phenoxy) is 1. The molecule has 0 radical (unpaired) electrons. The molecule has 0 aromatic rings. The minimum Gasteiger partial charge on any atom is -0.453 e. The van der Waals surface area contributed by atoms with Gasteiger partial charge in [0, 0.05) is 12.5 Å². The molecule has 0 aromatic heterocycles. The lowest BCUT2D eigenvalue weighted by atomic mass is 9.99. The molecule has 0 saturated heterocycles. The first-order valence-electron chi connectivity index (χ1n) is 6.56. The summed E-state index contributed by atoms with van der Waals surface area (Å²) in [5, 5.41) is 2.61. The maximum atomic E-state index is 12.0. The van der Waals surface area contributed by atoms with Crippen LogP contribution in [0.2, 0.25) is 0 Å². The molecule has 0 saturated carbocycles. The standard InChI is InChI=1S/C13H26N2O3/c1-6-15(7-2)9-8-11(12(16)10(3)4)14-13(17)18-5/h10-11H,6-9H2,1-5H3,(H,14,17)/t11-/m0/s1. The van der Waals surface area contributed by atoms with Crippen molar-refractivity contribution in [2.24, 2.45) is 5.92 Å². The van der Waals surface area contributed by atoms with E-state index in [1.165, 1.54) is 7.11 Å². The van der Waals surface area contributed by atoms with Crippen LogP contribution in [0.4, 0.5) is 4.79 Å². The van der Waals surface area contributed by atoms with Crippen molar-refractivity contribution in [1.82, 2.24) is 10.2 Å². The van der Waals surface area contributed by atoms with Crippen molar-refractivity contribution in [3.05, 3.63) is 0 Å². The molecule has 1 atom stereocenters. The van der Waals surface area contributed by atoms with Gasteiger partial charge in [0.25, 0.3) is 0 Å². The molecule has 5 heteroatoms. The van der Waals surface area contributed by atoms with Crippen molar-refractivity contribution >= 4 is 11.9 Å². The molecule has 1 N–H and O–H groups in total. The third-order valence-electron chi connectivity index (χ3n) is 3.02. The van der Waals surface area contributed by atoms with Crippen LogP contribution in [-0.4, -0.2) is 49.6 Å². The number of alkyl carbamates (subject to hydrolysis) is 1. The summed E-state index contributed by atoms with van der Waals surface area (Å²) >= 11 is 0. The smallest absolute Gasteiger partial charge is 0.407 e. The first kappa shape index (κ1) is 16.9. The highest BCUT2D eigenvalue weighted by atomic mass is 16.5. The number of Topliss-reactive ketones (excluding diaryl/α,β-unsaturated/α-hetero) is 1. The van der Waals surface area contributed by atoms with Gasteiger partial charge in [-0.2, -0.15) is 0 Å². The van der Waals surface area contributed by atoms with E-state index in [2.05, 4.69) is 28.8 Å². The van der Waals surface area contributed by atoms with Gasteiger partial charge in [0.05, 0.1) is 13.2 Å². The van der Waals surface area contributed by atoms with E-state index in [1.54, 1.807) is 0 Å². The van der Waals surface area contributed by atoms with E-state index in [9.17, 15) is 9.59 Å². The number of carbonyl (C=O) groups excluding carboxylic acids is 2. The Labute approximate surface area is 110 Å². The summed E-state index contributed by atoms with van der Waals surface area (Å²) in [6.07, 6.45) is 0.0712. The first-order chi connectivity index (χ1) is 8.46. The highest BCUT2D eigenvalue weighted by Crippen LogP contribution is 2.05. The number of methoxy groups -OCH3 is 1. The van der Waals surface area contributed by atoms with Crippen molar-refractivity contribution in [2.75, 3.05) is 26.7 Å². The van der Waals surface area contributed by atoms with E-state index in [4.69, 9.17) is 0 Å². The topological polar surface area (TPSA) is 58.6 Å². The molecule has 0 bridgehead atoms. The van der Waals surface area contributed by atoms with Gasteiger partial charge >= 0.3 is 6.09 Å². The van der Waals surface area contributed by atoms with Crippen molar-refractivity contribution < 1.29 is 14.3 Å². The third-order valence-corrected chi connectivity index (χ3v) is 3.02. The summed E-state index contributed by atoms with van der Waals surface area (Å²) in [4.78, 5) is 25.5. The number of nitrogens with one attached hydrogen (secondary N) is 1. The molecule has 1 amide bonds. The zero-order chi connectivity index (χ0) is 14.1. The molecule has 0 spiro atoms. The van der Waals surface area contributed by atoms with Crippen LogP contribution in [0.3, 0.4) is 0 Å². The van der Waals surface area contributed by atoms with Gasteiger partial charge in [-0.05, 0) is 19.5 Å². The summed E-state index contributed by atoms with van der Waals surface area (Å²) in [6, 6.07) is -0.460. The van der Waals surface area contributed by atoms with E-state index in [0.717, 1.165) is 19.6 Å². The fourth-order valence-electron chi connectivity index (χ4n) is 1.74. The molecule has 0 aliphatic heterocycles. The largest absolute Gasteiger partial charge is 0.453 e. The Balaban J connectivity index is 4.47. The minimum absolute atomic E-state index is 0.0487. The minimum atomic E-state index is -0.548. The molecule has 0 rings (SSSR count). The molecular weight excluding hydrogens is 232 g/mol. The van der Waals surface area contributed by atoms with Gasteiger partial charge in [0.1, 0.15) is 0 Å². The second-order valence-electron chi connectivity index (χ2n) is 4.56. The van der Waals surface area contributed by atoms with Crippen molar-refractivity contribution in [3.63, 3.8) is 0 Å². The normalized spacial score (nSPS) is 12.6. The second kappa shape index (κ2) is 8.91. The van der Waals surface area contributed by atoms with Crippen LogP contribution < -0.4 is 5.32 Å². The Morgan fingerprint density at radius 2 is 1.78 bits per heavy atom. The summed E-state index contributed by atoms with van der Waals surface area (Å²) in [5.41, 5.74) is 0. The monoisotopic (exact) mass is 258 g/mol. The molecular formula is C13H26N2O3. The zero-order valence-corrected chi connectivity index (χ0v) is 12.2. The summed E-state index contributed by atoms with van der Waals surface area (Å²) in [7, 11) is 1.30. The van der Waals surface area contributed by atoms with Gasteiger partial charge in [-0.3, -0.25) is 4.79 Å². The zero-order valence-electron chi connectivity index (χ0n) is 12.2. The molecule has 0 aliphatic carbocycles. The highest BCUT2D eigenvalue weighted by Gasteiger charge is 2.23. The van der Waals surface area contributed by atoms with E-state index in [1.807, 2.05) is 13.8 Å². The second-order valence-corrected chi connectivity index (χ2v) is 4.56. The lowest BCUT2D eigenvalue weighted by Crippen LogP contribution is -2.44. The average molecular weight is 258 g/mol. The maximum absolute atomic E-state index is 12.0. The van der Waals surface area contributed by atoms with Crippen LogP contribution in [0.15, 0.2) is 0 Å². The summed E-state index contributed by atoms with van der Waals surface area (Å²) in [5.74, 6) is -0.0450. The van der Waals surface area contributed by atoms with Gasteiger partial charge in [0.15, 0.2) is 5.78 Å². The van der Waals surface area contributed by atoms with Gasteiger partial charge in [-0.25, -0.2) is 4.79 Å². The van der Waals surface area contributed by atoms with Crippen LogP contribution in [0.1, 0.15) is 34.1 Å². The molecule has 0 aliphatic rings. The molecule has 106 valence electrons. The number of ketones is 1. The van der Waals surface area contributed by atoms with Crippen molar-refractivity contribution in [1.29, 1.82) is 0 Å².